The van der Waals surface area contributed by atoms with Gasteiger partial charge in [-0.3, -0.25) is 0 Å². The van der Waals surface area contributed by atoms with Crippen molar-refractivity contribution in [2.45, 2.75) is 6.92 Å². The lowest BCUT2D eigenvalue weighted by molar-refractivity contribution is -0.139. The van der Waals surface area contributed by atoms with E-state index < -0.39 is 5.97 Å². The van der Waals surface area contributed by atoms with Gasteiger partial charge in [-0.05, 0) is 6.92 Å². The van der Waals surface area contributed by atoms with Gasteiger partial charge < -0.3 is 9.84 Å². The van der Waals surface area contributed by atoms with Crippen LogP contribution in [-0.2, 0) is 9.53 Å². The van der Waals surface area contributed by atoms with Gasteiger partial charge in [-0.2, -0.15) is 5.26 Å². The Morgan fingerprint density at radius 3 is 2.00 bits per heavy atom. The van der Waals surface area contributed by atoms with Crippen LogP contribution in [0.2, 0.25) is 0 Å². The lowest BCUT2D eigenvalue weighted by atomic mass is 10.4. The standard InChI is InChI=1S/C6H10O3.C4H6.C3H3N/c1-5(2)6(8)9-4-3-7;1-3-4-2;1-2-3-4/h7H,1,3-4H2,2H3;3-4H,1-2H2;2H,1H2. The summed E-state index contributed by atoms with van der Waals surface area (Å²) in [5, 5.41) is 15.7. The van der Waals surface area contributed by atoms with Gasteiger partial charge in [-0.15, -0.1) is 0 Å². The van der Waals surface area contributed by atoms with Crippen LogP contribution in [0, 0.1) is 11.3 Å². The number of hydrogen-bond donors (Lipinski definition) is 1. The first-order valence-corrected chi connectivity index (χ1v) is 4.69. The number of allylic oxidation sites excluding steroid dienone is 3. The largest absolute Gasteiger partial charge is 0.460 e. The Morgan fingerprint density at radius 1 is 1.41 bits per heavy atom. The van der Waals surface area contributed by atoms with Gasteiger partial charge in [-0.1, -0.05) is 38.5 Å². The first-order chi connectivity index (χ1) is 8.01. The molecule has 0 saturated carbocycles. The molecule has 0 saturated heterocycles. The molecule has 0 aromatic carbocycles. The Hall–Kier alpha value is -2.12. The van der Waals surface area contributed by atoms with Crippen LogP contribution < -0.4 is 0 Å². The number of esters is 1. The molecule has 0 aliphatic heterocycles. The number of rotatable bonds is 4. The number of nitriles is 1. The molecule has 0 aliphatic rings. The van der Waals surface area contributed by atoms with Crippen molar-refractivity contribution < 1.29 is 14.6 Å². The number of ether oxygens (including phenoxy) is 1. The van der Waals surface area contributed by atoms with E-state index in [1.165, 1.54) is 6.08 Å². The Morgan fingerprint density at radius 2 is 1.82 bits per heavy atom. The van der Waals surface area contributed by atoms with E-state index in [9.17, 15) is 4.79 Å². The zero-order chi connectivity index (χ0) is 14.1. The quantitative estimate of drug-likeness (QED) is 0.352. The Balaban J connectivity index is -0.000000205. The summed E-state index contributed by atoms with van der Waals surface area (Å²) in [7, 11) is 0. The van der Waals surface area contributed by atoms with E-state index in [-0.39, 0.29) is 13.2 Å². The van der Waals surface area contributed by atoms with Crippen LogP contribution >= 0.6 is 0 Å². The molecular formula is C13H19NO3. The SMILES string of the molecule is C=C(C)C(=O)OCCO.C=CC#N.C=CC=C. The summed E-state index contributed by atoms with van der Waals surface area (Å²) in [5.74, 6) is -0.455. The van der Waals surface area contributed by atoms with Crippen molar-refractivity contribution in [3.05, 3.63) is 50.1 Å². The average molecular weight is 237 g/mol. The highest BCUT2D eigenvalue weighted by Gasteiger charge is 1.99. The van der Waals surface area contributed by atoms with Crippen LogP contribution in [0.15, 0.2) is 50.1 Å². The highest BCUT2D eigenvalue weighted by molar-refractivity contribution is 5.86. The first-order valence-electron chi connectivity index (χ1n) is 4.69. The summed E-state index contributed by atoms with van der Waals surface area (Å²) in [4.78, 5) is 10.5. The fourth-order valence-electron chi connectivity index (χ4n) is 0.262. The van der Waals surface area contributed by atoms with Crippen LogP contribution in [0.4, 0.5) is 0 Å². The van der Waals surface area contributed by atoms with E-state index in [2.05, 4.69) is 31.1 Å². The van der Waals surface area contributed by atoms with E-state index in [4.69, 9.17) is 10.4 Å². The number of aliphatic hydroxyl groups excluding tert-OH is 1. The molecule has 0 radical (unpaired) electrons. The third-order valence-electron chi connectivity index (χ3n) is 0.931. The molecular weight excluding hydrogens is 218 g/mol. The number of nitrogens with zero attached hydrogens (tertiary/aromatic N) is 1. The van der Waals surface area contributed by atoms with Crippen molar-refractivity contribution in [1.82, 2.24) is 0 Å². The van der Waals surface area contributed by atoms with Crippen LogP contribution in [0.1, 0.15) is 6.92 Å². The first kappa shape index (κ1) is 20.3. The average Bonchev–Trinajstić information content (AvgIpc) is 2.36. The van der Waals surface area contributed by atoms with Gasteiger partial charge in [0.15, 0.2) is 0 Å². The molecule has 17 heavy (non-hydrogen) atoms. The highest BCUT2D eigenvalue weighted by atomic mass is 16.5. The zero-order valence-corrected chi connectivity index (χ0v) is 10.2. The van der Waals surface area contributed by atoms with Crippen molar-refractivity contribution in [1.29, 1.82) is 5.26 Å². The van der Waals surface area contributed by atoms with Gasteiger partial charge in [0.05, 0.1) is 12.7 Å². The number of carbonyl (C=O) groups excluding carboxylic acids is 1. The van der Waals surface area contributed by atoms with Gasteiger partial charge in [0.2, 0.25) is 0 Å². The topological polar surface area (TPSA) is 70.3 Å². The molecule has 0 unspecified atom stereocenters. The molecule has 0 aromatic heterocycles. The van der Waals surface area contributed by atoms with Crippen molar-refractivity contribution in [3.8, 4) is 6.07 Å². The summed E-state index contributed by atoms with van der Waals surface area (Å²) in [6, 6.07) is 1.69. The third kappa shape index (κ3) is 31.5. The molecule has 0 amide bonds. The van der Waals surface area contributed by atoms with E-state index >= 15 is 0 Å². The molecule has 0 aromatic rings. The molecule has 4 heteroatoms. The summed E-state index contributed by atoms with van der Waals surface area (Å²) < 4.78 is 4.46. The Labute approximate surface area is 103 Å². The van der Waals surface area contributed by atoms with Gasteiger partial charge >= 0.3 is 5.97 Å². The van der Waals surface area contributed by atoms with Crippen molar-refractivity contribution >= 4 is 5.97 Å². The lowest BCUT2D eigenvalue weighted by Crippen LogP contribution is -2.08. The molecule has 0 rings (SSSR count). The number of hydrogen-bond acceptors (Lipinski definition) is 4. The minimum Gasteiger partial charge on any atom is -0.460 e. The summed E-state index contributed by atoms with van der Waals surface area (Å²) >= 11 is 0. The summed E-state index contributed by atoms with van der Waals surface area (Å²) in [6.07, 6.45) is 4.46. The van der Waals surface area contributed by atoms with Gasteiger partial charge in [-0.25, -0.2) is 4.79 Å². The number of aliphatic hydroxyl groups is 1. The third-order valence-corrected chi connectivity index (χ3v) is 0.931. The normalized spacial score (nSPS) is 6.65. The molecule has 0 spiro atoms. The second kappa shape index (κ2) is 19.5. The monoisotopic (exact) mass is 237 g/mol. The maximum atomic E-state index is 10.5. The van der Waals surface area contributed by atoms with Gasteiger partial charge in [0, 0.05) is 11.6 Å². The van der Waals surface area contributed by atoms with Gasteiger partial charge in [0.1, 0.15) is 6.61 Å². The molecule has 1 N–H and O–H groups in total. The van der Waals surface area contributed by atoms with Crippen LogP contribution in [0.25, 0.3) is 0 Å². The molecule has 94 valence electrons. The molecule has 0 aliphatic carbocycles. The molecule has 0 heterocycles. The molecule has 0 atom stereocenters. The van der Waals surface area contributed by atoms with Gasteiger partial charge in [0.25, 0.3) is 0 Å². The van der Waals surface area contributed by atoms with E-state index in [1.54, 1.807) is 25.1 Å². The van der Waals surface area contributed by atoms with Crippen molar-refractivity contribution in [2.24, 2.45) is 0 Å². The van der Waals surface area contributed by atoms with Crippen LogP contribution in [0.5, 0.6) is 0 Å². The van der Waals surface area contributed by atoms with Crippen molar-refractivity contribution in [3.63, 3.8) is 0 Å². The predicted molar refractivity (Wildman–Crippen MR) is 69.1 cm³/mol. The second-order valence-electron chi connectivity index (χ2n) is 2.44. The summed E-state index contributed by atoms with van der Waals surface area (Å²) in [5.41, 5.74) is 0.350. The van der Waals surface area contributed by atoms with Crippen molar-refractivity contribution in [2.75, 3.05) is 13.2 Å². The van der Waals surface area contributed by atoms with E-state index in [1.807, 2.05) is 0 Å². The lowest BCUT2D eigenvalue weighted by Gasteiger charge is -1.99. The molecule has 0 fully saturated rings. The molecule has 4 nitrogen and oxygen atoms in total. The minimum atomic E-state index is -0.455. The number of carbonyl (C=O) groups is 1. The summed E-state index contributed by atoms with van der Waals surface area (Å²) in [6.45, 7) is 14.7. The minimum absolute atomic E-state index is 0.0473. The van der Waals surface area contributed by atoms with E-state index in [0.29, 0.717) is 5.57 Å². The predicted octanol–water partition coefficient (Wildman–Crippen LogP) is 2.15. The Kier molecular flexibility index (Phi) is 23.2. The maximum Gasteiger partial charge on any atom is 0.333 e. The van der Waals surface area contributed by atoms with Crippen LogP contribution in [0.3, 0.4) is 0 Å². The smallest absolute Gasteiger partial charge is 0.333 e. The fraction of sp³-hybridized carbons (Fsp3) is 0.231. The zero-order valence-electron chi connectivity index (χ0n) is 10.2. The highest BCUT2D eigenvalue weighted by Crippen LogP contribution is 1.89. The van der Waals surface area contributed by atoms with E-state index in [0.717, 1.165) is 0 Å². The fourth-order valence-corrected chi connectivity index (χ4v) is 0.262. The second-order valence-corrected chi connectivity index (χ2v) is 2.44. The molecule has 0 bridgehead atoms. The Bertz CT molecular complexity index is 282. The maximum absolute atomic E-state index is 10.5. The van der Waals surface area contributed by atoms with Crippen LogP contribution in [-0.4, -0.2) is 24.3 Å².